The van der Waals surface area contributed by atoms with Gasteiger partial charge >= 0.3 is 5.97 Å². The molecule has 3 nitrogen and oxygen atoms in total. The summed E-state index contributed by atoms with van der Waals surface area (Å²) in [7, 11) is -1.97. The Kier molecular flexibility index (Phi) is 7.24. The van der Waals surface area contributed by atoms with E-state index in [1.165, 1.54) is 0 Å². The summed E-state index contributed by atoms with van der Waals surface area (Å²) >= 11 is 0. The van der Waals surface area contributed by atoms with Gasteiger partial charge in [-0.1, -0.05) is 88.0 Å². The number of fused-ring (bicyclic) bond motifs is 1. The quantitative estimate of drug-likeness (QED) is 0.161. The van der Waals surface area contributed by atoms with Crippen molar-refractivity contribution in [3.8, 4) is 5.75 Å². The molecule has 0 N–H and O–H groups in total. The van der Waals surface area contributed by atoms with Crippen LogP contribution in [0.2, 0.25) is 18.1 Å². The summed E-state index contributed by atoms with van der Waals surface area (Å²) in [4.78, 5) is 13.0. The van der Waals surface area contributed by atoms with Gasteiger partial charge in [-0.05, 0) is 46.6 Å². The summed E-state index contributed by atoms with van der Waals surface area (Å²) in [6.07, 6.45) is -0.495. The molecule has 0 saturated carbocycles. The van der Waals surface area contributed by atoms with Crippen LogP contribution in [0.25, 0.3) is 10.8 Å². The van der Waals surface area contributed by atoms with Crippen LogP contribution in [0.1, 0.15) is 32.4 Å². The molecule has 4 heteroatoms. The molecule has 0 bridgehead atoms. The molecule has 0 aliphatic heterocycles. The molecule has 0 heterocycles. The molecule has 0 radical (unpaired) electrons. The Hall–Kier alpha value is -2.69. The van der Waals surface area contributed by atoms with Gasteiger partial charge in [-0.15, -0.1) is 0 Å². The van der Waals surface area contributed by atoms with E-state index in [9.17, 15) is 4.79 Å². The maximum atomic E-state index is 13.0. The number of hydrogen-bond acceptors (Lipinski definition) is 3. The molecule has 0 saturated heterocycles. The number of carbonyl (C=O) groups is 1. The molecule has 0 aliphatic rings. The number of esters is 1. The molecule has 3 rings (SSSR count). The molecule has 1 atom stereocenters. The third-order valence-corrected chi connectivity index (χ3v) is 10.5. The maximum Gasteiger partial charge on any atom is 0.341 e. The van der Waals surface area contributed by atoms with Gasteiger partial charge in [0.2, 0.25) is 0 Å². The van der Waals surface area contributed by atoms with Crippen molar-refractivity contribution in [2.24, 2.45) is 0 Å². The average molecular weight is 419 g/mol. The lowest BCUT2D eigenvalue weighted by molar-refractivity contribution is -0.131. The first-order valence-electron chi connectivity index (χ1n) is 10.6. The van der Waals surface area contributed by atoms with Crippen molar-refractivity contribution in [3.63, 3.8) is 0 Å². The van der Waals surface area contributed by atoms with E-state index in [1.54, 1.807) is 0 Å². The first kappa shape index (κ1) is 22.0. The smallest absolute Gasteiger partial charge is 0.341 e. The monoisotopic (exact) mass is 418 g/mol. The Balaban J connectivity index is 1.86. The fraction of sp³-hybridized carbons (Fsp3) is 0.269. The molecule has 156 valence electrons. The van der Waals surface area contributed by atoms with E-state index in [0.29, 0.717) is 11.3 Å². The van der Waals surface area contributed by atoms with E-state index in [4.69, 9.17) is 9.16 Å². The van der Waals surface area contributed by atoms with E-state index in [0.717, 1.165) is 34.5 Å². The van der Waals surface area contributed by atoms with Crippen LogP contribution in [0.3, 0.4) is 0 Å². The van der Waals surface area contributed by atoms with Crippen LogP contribution < -0.4 is 4.74 Å². The zero-order chi connectivity index (χ0) is 21.6. The van der Waals surface area contributed by atoms with Crippen LogP contribution in [-0.2, 0) is 9.22 Å². The van der Waals surface area contributed by atoms with Crippen molar-refractivity contribution in [2.45, 2.75) is 45.0 Å². The summed E-state index contributed by atoms with van der Waals surface area (Å²) < 4.78 is 12.4. The Labute approximate surface area is 180 Å². The van der Waals surface area contributed by atoms with Crippen LogP contribution in [0.5, 0.6) is 5.75 Å². The number of ether oxygens (including phenoxy) is 1. The largest absolute Gasteiger partial charge is 0.423 e. The topological polar surface area (TPSA) is 35.5 Å². The van der Waals surface area contributed by atoms with Gasteiger partial charge in [-0.3, -0.25) is 0 Å². The third-order valence-electron chi connectivity index (χ3n) is 5.91. The zero-order valence-corrected chi connectivity index (χ0v) is 19.1. The summed E-state index contributed by atoms with van der Waals surface area (Å²) in [5.74, 6) is 0.0574. The van der Waals surface area contributed by atoms with E-state index in [-0.39, 0.29) is 0 Å². The second kappa shape index (κ2) is 9.87. The van der Waals surface area contributed by atoms with Gasteiger partial charge in [-0.2, -0.15) is 0 Å². The molecule has 1 unspecified atom stereocenters. The van der Waals surface area contributed by atoms with Crippen molar-refractivity contribution in [1.82, 2.24) is 0 Å². The van der Waals surface area contributed by atoms with Gasteiger partial charge in [0.25, 0.3) is 0 Å². The van der Waals surface area contributed by atoms with Crippen LogP contribution in [0.4, 0.5) is 0 Å². The number of hydrogen-bond donors (Lipinski definition) is 0. The first-order valence-corrected chi connectivity index (χ1v) is 13.2. The highest BCUT2D eigenvalue weighted by atomic mass is 28.4. The van der Waals surface area contributed by atoms with Crippen molar-refractivity contribution in [2.75, 3.05) is 0 Å². The van der Waals surface area contributed by atoms with Crippen LogP contribution >= 0.6 is 0 Å². The standard InChI is InChI=1S/C26H30O3Si/c1-5-30(6-2,7-3)29-25(22-14-9-8-10-15-22)20(4)26(27)28-24-18-17-21-13-11-12-16-23(21)19-24/h8-19,25H,4-7H2,1-3H3. The summed E-state index contributed by atoms with van der Waals surface area (Å²) in [6.45, 7) is 10.6. The van der Waals surface area contributed by atoms with Gasteiger partial charge in [0.1, 0.15) is 11.9 Å². The second-order valence-corrected chi connectivity index (χ2v) is 12.3. The van der Waals surface area contributed by atoms with Crippen molar-refractivity contribution < 1.29 is 14.0 Å². The molecule has 0 aliphatic carbocycles. The SMILES string of the molecule is C=C(C(=O)Oc1ccc2ccccc2c1)C(O[Si](CC)(CC)CC)c1ccccc1. The summed E-state index contributed by atoms with van der Waals surface area (Å²) in [6, 6.07) is 26.5. The van der Waals surface area contributed by atoms with Crippen molar-refractivity contribution in [1.29, 1.82) is 0 Å². The Morgan fingerprint density at radius 2 is 1.47 bits per heavy atom. The molecule has 3 aromatic carbocycles. The van der Waals surface area contributed by atoms with Gasteiger partial charge in [0, 0.05) is 0 Å². The fourth-order valence-electron chi connectivity index (χ4n) is 3.73. The minimum atomic E-state index is -1.97. The Morgan fingerprint density at radius 3 is 2.10 bits per heavy atom. The van der Waals surface area contributed by atoms with Crippen LogP contribution in [0, 0.1) is 0 Å². The third kappa shape index (κ3) is 4.89. The second-order valence-electron chi connectivity index (χ2n) is 7.58. The predicted molar refractivity (Wildman–Crippen MR) is 126 cm³/mol. The average Bonchev–Trinajstić information content (AvgIpc) is 2.80. The minimum absolute atomic E-state index is 0.335. The predicted octanol–water partition coefficient (Wildman–Crippen LogP) is 7.06. The Morgan fingerprint density at radius 1 is 0.867 bits per heavy atom. The summed E-state index contributed by atoms with van der Waals surface area (Å²) in [5.41, 5.74) is 1.27. The highest BCUT2D eigenvalue weighted by Gasteiger charge is 2.35. The van der Waals surface area contributed by atoms with E-state index >= 15 is 0 Å². The lowest BCUT2D eigenvalue weighted by atomic mass is 10.0. The van der Waals surface area contributed by atoms with E-state index < -0.39 is 20.4 Å². The highest BCUT2D eigenvalue weighted by molar-refractivity contribution is 6.73. The van der Waals surface area contributed by atoms with E-state index in [2.05, 4.69) is 27.4 Å². The van der Waals surface area contributed by atoms with E-state index in [1.807, 2.05) is 72.8 Å². The summed E-state index contributed by atoms with van der Waals surface area (Å²) in [5, 5.41) is 2.13. The van der Waals surface area contributed by atoms with Crippen molar-refractivity contribution >= 4 is 25.1 Å². The molecule has 0 spiro atoms. The molecule has 0 fully saturated rings. The zero-order valence-electron chi connectivity index (χ0n) is 18.1. The van der Waals surface area contributed by atoms with Crippen LogP contribution in [-0.4, -0.2) is 14.3 Å². The number of benzene rings is 3. The molecule has 30 heavy (non-hydrogen) atoms. The van der Waals surface area contributed by atoms with Crippen molar-refractivity contribution in [3.05, 3.63) is 90.5 Å². The lowest BCUT2D eigenvalue weighted by Gasteiger charge is -2.34. The molecule has 0 aromatic heterocycles. The molecular weight excluding hydrogens is 388 g/mol. The number of rotatable bonds is 9. The van der Waals surface area contributed by atoms with Crippen LogP contribution in [0.15, 0.2) is 84.9 Å². The number of carbonyl (C=O) groups excluding carboxylic acids is 1. The molecular formula is C26H30O3Si. The maximum absolute atomic E-state index is 13.0. The Bertz CT molecular complexity index is 1000. The highest BCUT2D eigenvalue weighted by Crippen LogP contribution is 2.34. The van der Waals surface area contributed by atoms with Gasteiger partial charge in [0.15, 0.2) is 8.32 Å². The lowest BCUT2D eigenvalue weighted by Crippen LogP contribution is -2.38. The minimum Gasteiger partial charge on any atom is -0.423 e. The normalized spacial score (nSPS) is 12.5. The fourth-order valence-corrected chi connectivity index (χ4v) is 6.51. The first-order chi connectivity index (χ1) is 14.5. The van der Waals surface area contributed by atoms with Gasteiger partial charge < -0.3 is 9.16 Å². The van der Waals surface area contributed by atoms with Gasteiger partial charge in [-0.25, -0.2) is 4.79 Å². The van der Waals surface area contributed by atoms with Gasteiger partial charge in [0.05, 0.1) is 5.57 Å². The molecule has 0 amide bonds. The molecule has 3 aromatic rings.